The van der Waals surface area contributed by atoms with Crippen molar-refractivity contribution in [3.8, 4) is 16.8 Å². The van der Waals surface area contributed by atoms with Crippen LogP contribution in [0, 0.1) is 0 Å². The van der Waals surface area contributed by atoms with Crippen LogP contribution in [0.1, 0.15) is 0 Å². The van der Waals surface area contributed by atoms with Crippen molar-refractivity contribution in [3.05, 3.63) is 206 Å². The zero-order chi connectivity index (χ0) is 36.5. The molecule has 0 aliphatic heterocycles. The molecule has 10 aromatic carbocycles. The quantitative estimate of drug-likeness (QED) is 0.128. The average Bonchev–Trinajstić information content (AvgIpc) is 3.59. The number of rotatable bonds is 5. The molecular formula is C52H34NOP. The lowest BCUT2D eigenvalue weighted by molar-refractivity contribution is 0.592. The van der Waals surface area contributed by atoms with Crippen LogP contribution in [0.4, 0.5) is 0 Å². The number of nitrogens with zero attached hydrogens (tertiary/aromatic N) is 1. The molecule has 2 nitrogen and oxygen atoms in total. The van der Waals surface area contributed by atoms with Gasteiger partial charge in [-0.1, -0.05) is 158 Å². The summed E-state index contributed by atoms with van der Waals surface area (Å²) in [4.78, 5) is 0. The van der Waals surface area contributed by atoms with Gasteiger partial charge in [-0.2, -0.15) is 0 Å². The van der Waals surface area contributed by atoms with E-state index in [0.29, 0.717) is 0 Å². The van der Waals surface area contributed by atoms with Crippen LogP contribution < -0.4 is 15.9 Å². The van der Waals surface area contributed by atoms with E-state index in [9.17, 15) is 0 Å². The topological polar surface area (TPSA) is 22.0 Å². The normalized spacial score (nSPS) is 12.1. The van der Waals surface area contributed by atoms with Gasteiger partial charge < -0.3 is 9.13 Å². The van der Waals surface area contributed by atoms with E-state index in [4.69, 9.17) is 0 Å². The molecule has 11 aromatic rings. The summed E-state index contributed by atoms with van der Waals surface area (Å²) < 4.78 is 18.0. The highest BCUT2D eigenvalue weighted by Gasteiger charge is 2.30. The molecule has 0 saturated heterocycles. The second kappa shape index (κ2) is 12.4. The van der Waals surface area contributed by atoms with E-state index >= 15 is 4.57 Å². The maximum atomic E-state index is 15.6. The Morgan fingerprint density at radius 3 is 1.40 bits per heavy atom. The van der Waals surface area contributed by atoms with Gasteiger partial charge in [-0.05, 0) is 103 Å². The van der Waals surface area contributed by atoms with E-state index in [1.54, 1.807) is 0 Å². The second-order valence-corrected chi connectivity index (χ2v) is 17.1. The molecule has 0 saturated carbocycles. The highest BCUT2D eigenvalue weighted by molar-refractivity contribution is 7.85. The van der Waals surface area contributed by atoms with Crippen molar-refractivity contribution in [2.45, 2.75) is 0 Å². The summed E-state index contributed by atoms with van der Waals surface area (Å²) in [6.45, 7) is 0. The van der Waals surface area contributed by atoms with Gasteiger partial charge in [0.1, 0.15) is 0 Å². The van der Waals surface area contributed by atoms with Gasteiger partial charge in [-0.15, -0.1) is 0 Å². The van der Waals surface area contributed by atoms with Crippen molar-refractivity contribution in [2.75, 3.05) is 0 Å². The van der Waals surface area contributed by atoms with E-state index in [1.165, 1.54) is 48.7 Å². The fourth-order valence-corrected chi connectivity index (χ4v) is 11.6. The predicted octanol–water partition coefficient (Wildman–Crippen LogP) is 12.7. The highest BCUT2D eigenvalue weighted by atomic mass is 31.2. The molecule has 0 unspecified atom stereocenters. The zero-order valence-corrected chi connectivity index (χ0v) is 30.8. The molecule has 0 aliphatic carbocycles. The van der Waals surface area contributed by atoms with Crippen LogP contribution in [0.5, 0.6) is 0 Å². The number of fused-ring (bicyclic) bond motifs is 11. The Morgan fingerprint density at radius 1 is 0.327 bits per heavy atom. The molecule has 1 heterocycles. The molecule has 0 amide bonds. The van der Waals surface area contributed by atoms with Gasteiger partial charge in [-0.3, -0.25) is 0 Å². The van der Waals surface area contributed by atoms with Gasteiger partial charge in [0.25, 0.3) is 0 Å². The number of hydrogen-bond donors (Lipinski definition) is 0. The molecule has 11 rings (SSSR count). The van der Waals surface area contributed by atoms with Crippen LogP contribution in [-0.2, 0) is 4.57 Å². The first kappa shape index (κ1) is 31.8. The standard InChI is InChI=1S/C52H34NOP/c54-55(37-18-6-2-7-19-37,38-20-8-3-9-21-38)39-29-31-51-48(33-39)47-32-35(28-30-50(47)53(51)36-16-4-1-5-17-36)46-34-49-42-24-11-10-22-40(42)41-23-12-14-26-44(41)52(49)45-27-15-13-25-43(45)46/h1-34H. The molecule has 3 heteroatoms. The fraction of sp³-hybridized carbons (Fsp3) is 0. The second-order valence-electron chi connectivity index (χ2n) is 14.4. The third kappa shape index (κ3) is 4.79. The number of hydrogen-bond acceptors (Lipinski definition) is 1. The Kier molecular flexibility index (Phi) is 7.17. The largest absolute Gasteiger partial charge is 0.309 e. The Hall–Kier alpha value is -6.73. The SMILES string of the molecule is O=P(c1ccccc1)(c1ccccc1)c1ccc2c(c1)c1cc(-c3cc4c5ccccc5c5ccccc5c4c4ccccc34)ccc1n2-c1ccccc1. The van der Waals surface area contributed by atoms with Crippen LogP contribution in [-0.4, -0.2) is 4.57 Å². The smallest absolute Gasteiger partial charge is 0.171 e. The summed E-state index contributed by atoms with van der Waals surface area (Å²) >= 11 is 0. The minimum absolute atomic E-state index is 0.824. The molecule has 0 bridgehead atoms. The van der Waals surface area contributed by atoms with Crippen molar-refractivity contribution in [1.29, 1.82) is 0 Å². The number of benzene rings is 10. The van der Waals surface area contributed by atoms with Gasteiger partial charge in [0.05, 0.1) is 11.0 Å². The van der Waals surface area contributed by atoms with Crippen molar-refractivity contribution in [1.82, 2.24) is 4.57 Å². The molecule has 55 heavy (non-hydrogen) atoms. The Balaban J connectivity index is 1.23. The van der Waals surface area contributed by atoms with Crippen LogP contribution in [0.2, 0.25) is 0 Å². The minimum atomic E-state index is -3.20. The lowest BCUT2D eigenvalue weighted by atomic mass is 9.87. The Bertz CT molecular complexity index is 3290. The average molecular weight is 720 g/mol. The van der Waals surface area contributed by atoms with E-state index < -0.39 is 7.14 Å². The molecular weight excluding hydrogens is 686 g/mol. The summed E-state index contributed by atoms with van der Waals surface area (Å²) in [7, 11) is -3.20. The summed E-state index contributed by atoms with van der Waals surface area (Å²) in [6, 6.07) is 72.7. The Morgan fingerprint density at radius 2 is 0.782 bits per heavy atom. The fourth-order valence-electron chi connectivity index (χ4n) is 8.96. The summed E-state index contributed by atoms with van der Waals surface area (Å²) in [5.74, 6) is 0. The minimum Gasteiger partial charge on any atom is -0.309 e. The lowest BCUT2D eigenvalue weighted by Gasteiger charge is -2.20. The summed E-state index contributed by atoms with van der Waals surface area (Å²) in [5.41, 5.74) is 5.62. The zero-order valence-electron chi connectivity index (χ0n) is 29.9. The third-order valence-corrected chi connectivity index (χ3v) is 14.5. The van der Waals surface area contributed by atoms with Crippen LogP contribution in [0.15, 0.2) is 206 Å². The van der Waals surface area contributed by atoms with Crippen molar-refractivity contribution >= 4 is 88.0 Å². The lowest BCUT2D eigenvalue weighted by Crippen LogP contribution is -2.24. The molecule has 0 atom stereocenters. The first-order valence-electron chi connectivity index (χ1n) is 18.8. The molecule has 0 N–H and O–H groups in total. The molecule has 0 radical (unpaired) electrons. The van der Waals surface area contributed by atoms with Gasteiger partial charge in [0, 0.05) is 32.4 Å². The third-order valence-electron chi connectivity index (χ3n) is 11.4. The molecule has 0 fully saturated rings. The van der Waals surface area contributed by atoms with E-state index in [1.807, 2.05) is 60.7 Å². The molecule has 258 valence electrons. The summed E-state index contributed by atoms with van der Waals surface area (Å²) in [6.07, 6.45) is 0. The first-order valence-corrected chi connectivity index (χ1v) is 20.5. The Labute approximate surface area is 318 Å². The molecule has 0 spiro atoms. The maximum Gasteiger partial charge on any atom is 0.171 e. The van der Waals surface area contributed by atoms with Crippen molar-refractivity contribution < 1.29 is 4.57 Å². The van der Waals surface area contributed by atoms with Gasteiger partial charge in [0.15, 0.2) is 7.14 Å². The van der Waals surface area contributed by atoms with Crippen LogP contribution in [0.3, 0.4) is 0 Å². The monoisotopic (exact) mass is 719 g/mol. The van der Waals surface area contributed by atoms with E-state index in [0.717, 1.165) is 49.0 Å². The van der Waals surface area contributed by atoms with Crippen LogP contribution >= 0.6 is 7.14 Å². The number of aromatic nitrogens is 1. The number of para-hydroxylation sites is 1. The van der Waals surface area contributed by atoms with Gasteiger partial charge in [0.2, 0.25) is 0 Å². The van der Waals surface area contributed by atoms with Crippen LogP contribution in [0.25, 0.3) is 81.7 Å². The maximum absolute atomic E-state index is 15.6. The summed E-state index contributed by atoms with van der Waals surface area (Å²) in [5, 5.41) is 14.8. The van der Waals surface area contributed by atoms with Gasteiger partial charge >= 0.3 is 0 Å². The van der Waals surface area contributed by atoms with E-state index in [-0.39, 0.29) is 0 Å². The van der Waals surface area contributed by atoms with E-state index in [2.05, 4.69) is 150 Å². The first-order chi connectivity index (χ1) is 27.2. The van der Waals surface area contributed by atoms with Crippen molar-refractivity contribution in [2.24, 2.45) is 0 Å². The molecule has 0 aliphatic rings. The highest BCUT2D eigenvalue weighted by Crippen LogP contribution is 2.46. The predicted molar refractivity (Wildman–Crippen MR) is 236 cm³/mol. The van der Waals surface area contributed by atoms with Crippen molar-refractivity contribution in [3.63, 3.8) is 0 Å². The molecule has 1 aromatic heterocycles. The van der Waals surface area contributed by atoms with Gasteiger partial charge in [-0.25, -0.2) is 0 Å².